The lowest BCUT2D eigenvalue weighted by molar-refractivity contribution is -0.0585. The van der Waals surface area contributed by atoms with Gasteiger partial charge >= 0.3 is 0 Å². The zero-order valence-corrected chi connectivity index (χ0v) is 10.8. The molecule has 1 aliphatic rings. The Balaban J connectivity index is 2.09. The molecule has 16 heavy (non-hydrogen) atoms. The maximum Gasteiger partial charge on any atom is 0.264 e. The minimum atomic E-state index is 0.0545. The number of amides is 1. The van der Waals surface area contributed by atoms with Gasteiger partial charge in [0.2, 0.25) is 0 Å². The molecule has 1 saturated heterocycles. The first-order valence-corrected chi connectivity index (χ1v) is 6.46. The van der Waals surface area contributed by atoms with Crippen molar-refractivity contribution in [3.63, 3.8) is 0 Å². The molecular weight excluding hydrogens is 246 g/mol. The van der Waals surface area contributed by atoms with Crippen molar-refractivity contribution in [1.82, 2.24) is 4.90 Å². The van der Waals surface area contributed by atoms with Crippen molar-refractivity contribution in [2.75, 3.05) is 13.1 Å². The Kier molecular flexibility index (Phi) is 3.52. The van der Waals surface area contributed by atoms with Crippen LogP contribution in [0.2, 0.25) is 4.34 Å². The zero-order chi connectivity index (χ0) is 11.7. The number of carbonyl (C=O) groups is 1. The van der Waals surface area contributed by atoms with E-state index in [2.05, 4.69) is 0 Å². The smallest absolute Gasteiger partial charge is 0.264 e. The summed E-state index contributed by atoms with van der Waals surface area (Å²) < 4.78 is 6.24. The number of hydrogen-bond donors (Lipinski definition) is 0. The number of thiophene rings is 1. The average Bonchev–Trinajstić information content (AvgIpc) is 2.62. The summed E-state index contributed by atoms with van der Waals surface area (Å²) in [6, 6.07) is 3.53. The highest BCUT2D eigenvalue weighted by Crippen LogP contribution is 2.24. The van der Waals surface area contributed by atoms with Crippen molar-refractivity contribution >= 4 is 28.8 Å². The van der Waals surface area contributed by atoms with Crippen LogP contribution < -0.4 is 0 Å². The lowest BCUT2D eigenvalue weighted by Crippen LogP contribution is -2.48. The molecule has 2 heterocycles. The molecule has 2 rings (SSSR count). The molecule has 0 aromatic carbocycles. The molecule has 0 bridgehead atoms. The number of nitrogens with zero attached hydrogens (tertiary/aromatic N) is 1. The number of morpholine rings is 1. The van der Waals surface area contributed by atoms with E-state index < -0.39 is 0 Å². The summed E-state index contributed by atoms with van der Waals surface area (Å²) in [5.74, 6) is 0.0545. The second-order valence-electron chi connectivity index (χ2n) is 4.07. The molecule has 0 N–H and O–H groups in total. The van der Waals surface area contributed by atoms with Gasteiger partial charge in [-0.15, -0.1) is 11.3 Å². The second kappa shape index (κ2) is 4.73. The van der Waals surface area contributed by atoms with Crippen LogP contribution in [0, 0.1) is 0 Å². The summed E-state index contributed by atoms with van der Waals surface area (Å²) in [4.78, 5) is 14.7. The van der Waals surface area contributed by atoms with Crippen molar-refractivity contribution in [2.45, 2.75) is 26.1 Å². The Morgan fingerprint density at radius 2 is 2.06 bits per heavy atom. The van der Waals surface area contributed by atoms with E-state index in [-0.39, 0.29) is 18.1 Å². The summed E-state index contributed by atoms with van der Waals surface area (Å²) in [6.45, 7) is 5.27. The molecule has 88 valence electrons. The number of rotatable bonds is 1. The van der Waals surface area contributed by atoms with Crippen LogP contribution in [-0.2, 0) is 4.74 Å². The van der Waals surface area contributed by atoms with Gasteiger partial charge in [0, 0.05) is 13.1 Å². The minimum absolute atomic E-state index is 0.0545. The quantitative estimate of drug-likeness (QED) is 0.776. The first-order chi connectivity index (χ1) is 7.56. The van der Waals surface area contributed by atoms with Gasteiger partial charge in [-0.2, -0.15) is 0 Å². The number of halogens is 1. The molecule has 0 aliphatic carbocycles. The van der Waals surface area contributed by atoms with Gasteiger partial charge in [0.25, 0.3) is 5.91 Å². The average molecular weight is 260 g/mol. The molecule has 0 saturated carbocycles. The fourth-order valence-electron chi connectivity index (χ4n) is 1.93. The third-order valence-electron chi connectivity index (χ3n) is 2.49. The number of hydrogen-bond acceptors (Lipinski definition) is 3. The van der Waals surface area contributed by atoms with Crippen LogP contribution in [0.25, 0.3) is 0 Å². The normalized spacial score (nSPS) is 25.8. The van der Waals surface area contributed by atoms with E-state index in [0.29, 0.717) is 22.3 Å². The van der Waals surface area contributed by atoms with Crippen molar-refractivity contribution in [3.8, 4) is 0 Å². The first kappa shape index (κ1) is 11.9. The molecule has 1 aliphatic heterocycles. The molecule has 1 amide bonds. The van der Waals surface area contributed by atoms with Crippen LogP contribution in [0.4, 0.5) is 0 Å². The van der Waals surface area contributed by atoms with Gasteiger partial charge in [0.05, 0.1) is 21.4 Å². The summed E-state index contributed by atoms with van der Waals surface area (Å²) in [6.07, 6.45) is 0.200. The fraction of sp³-hybridized carbons (Fsp3) is 0.545. The monoisotopic (exact) mass is 259 g/mol. The summed E-state index contributed by atoms with van der Waals surface area (Å²) in [5.41, 5.74) is 0. The van der Waals surface area contributed by atoms with Gasteiger partial charge in [0.1, 0.15) is 0 Å². The molecule has 1 fully saturated rings. The molecular formula is C11H14ClNO2S. The van der Waals surface area contributed by atoms with E-state index in [1.54, 1.807) is 12.1 Å². The van der Waals surface area contributed by atoms with E-state index in [0.717, 1.165) is 0 Å². The van der Waals surface area contributed by atoms with Crippen molar-refractivity contribution < 1.29 is 9.53 Å². The Morgan fingerprint density at radius 3 is 2.56 bits per heavy atom. The van der Waals surface area contributed by atoms with Crippen LogP contribution in [0.5, 0.6) is 0 Å². The van der Waals surface area contributed by atoms with E-state index in [1.165, 1.54) is 11.3 Å². The van der Waals surface area contributed by atoms with Gasteiger partial charge in [-0.25, -0.2) is 0 Å². The molecule has 1 aromatic heterocycles. The highest BCUT2D eigenvalue weighted by atomic mass is 35.5. The highest BCUT2D eigenvalue weighted by Gasteiger charge is 2.27. The molecule has 0 unspecified atom stereocenters. The van der Waals surface area contributed by atoms with Crippen LogP contribution in [0.1, 0.15) is 23.5 Å². The van der Waals surface area contributed by atoms with Gasteiger partial charge in [0.15, 0.2) is 0 Å². The molecule has 2 atom stereocenters. The molecule has 0 radical (unpaired) electrons. The largest absolute Gasteiger partial charge is 0.372 e. The van der Waals surface area contributed by atoms with Crippen LogP contribution in [0.15, 0.2) is 12.1 Å². The maximum atomic E-state index is 12.1. The predicted molar refractivity (Wildman–Crippen MR) is 65.2 cm³/mol. The number of ether oxygens (including phenoxy) is 1. The van der Waals surface area contributed by atoms with Crippen LogP contribution in [-0.4, -0.2) is 36.1 Å². The predicted octanol–water partition coefficient (Wildman–Crippen LogP) is 2.65. The maximum absolute atomic E-state index is 12.1. The fourth-order valence-corrected chi connectivity index (χ4v) is 2.94. The van der Waals surface area contributed by atoms with E-state index in [1.807, 2.05) is 18.7 Å². The molecule has 3 nitrogen and oxygen atoms in total. The van der Waals surface area contributed by atoms with Gasteiger partial charge in [-0.3, -0.25) is 4.79 Å². The molecule has 0 spiro atoms. The topological polar surface area (TPSA) is 29.5 Å². The van der Waals surface area contributed by atoms with E-state index in [9.17, 15) is 4.79 Å². The second-order valence-corrected chi connectivity index (χ2v) is 5.79. The summed E-state index contributed by atoms with van der Waals surface area (Å²) in [5, 5.41) is 0. The lowest BCUT2D eigenvalue weighted by atomic mass is 10.2. The van der Waals surface area contributed by atoms with E-state index in [4.69, 9.17) is 16.3 Å². The Morgan fingerprint density at radius 1 is 1.44 bits per heavy atom. The van der Waals surface area contributed by atoms with Gasteiger partial charge in [-0.05, 0) is 26.0 Å². The number of carbonyl (C=O) groups excluding carboxylic acids is 1. The highest BCUT2D eigenvalue weighted by molar-refractivity contribution is 7.17. The standard InChI is InChI=1S/C11H14ClNO2S/c1-7-5-13(6-8(2)15-7)11(14)9-3-4-10(12)16-9/h3-4,7-8H,5-6H2,1-2H3/t7-,8-/m1/s1. The third-order valence-corrected chi connectivity index (χ3v) is 3.71. The summed E-state index contributed by atoms with van der Waals surface area (Å²) in [7, 11) is 0. The zero-order valence-electron chi connectivity index (χ0n) is 9.27. The minimum Gasteiger partial charge on any atom is -0.372 e. The molecule has 5 heteroatoms. The lowest BCUT2D eigenvalue weighted by Gasteiger charge is -2.35. The van der Waals surface area contributed by atoms with E-state index >= 15 is 0 Å². The molecule has 1 aromatic rings. The SMILES string of the molecule is C[C@@H]1CN(C(=O)c2ccc(Cl)s2)C[C@@H](C)O1. The van der Waals surface area contributed by atoms with Crippen molar-refractivity contribution in [1.29, 1.82) is 0 Å². The van der Waals surface area contributed by atoms with Crippen molar-refractivity contribution in [2.24, 2.45) is 0 Å². The van der Waals surface area contributed by atoms with Gasteiger partial charge in [-0.1, -0.05) is 11.6 Å². The van der Waals surface area contributed by atoms with Crippen molar-refractivity contribution in [3.05, 3.63) is 21.3 Å². The summed E-state index contributed by atoms with van der Waals surface area (Å²) >= 11 is 7.15. The third kappa shape index (κ3) is 2.56. The Labute approximate surface area is 104 Å². The first-order valence-electron chi connectivity index (χ1n) is 5.26. The Hall–Kier alpha value is -0.580. The van der Waals surface area contributed by atoms with Crippen LogP contribution in [0.3, 0.4) is 0 Å². The van der Waals surface area contributed by atoms with Crippen LogP contribution >= 0.6 is 22.9 Å². The Bertz CT molecular complexity index is 383. The van der Waals surface area contributed by atoms with Gasteiger partial charge < -0.3 is 9.64 Å².